The van der Waals surface area contributed by atoms with Gasteiger partial charge in [0.05, 0.1) is 11.6 Å². The molecule has 4 rings (SSSR count). The zero-order valence-corrected chi connectivity index (χ0v) is 18.7. The third-order valence-electron chi connectivity index (χ3n) is 6.23. The summed E-state index contributed by atoms with van der Waals surface area (Å²) >= 11 is 0. The fourth-order valence-electron chi connectivity index (χ4n) is 5.04. The number of benzene rings is 2. The molecule has 176 valence electrons. The van der Waals surface area contributed by atoms with Crippen LogP contribution in [0.25, 0.3) is 0 Å². The number of ether oxygens (including phenoxy) is 2. The molecular formula is C23H21F4NO4S. The van der Waals surface area contributed by atoms with E-state index < -0.39 is 50.7 Å². The Balaban J connectivity index is 2.00. The number of nitrogens with zero attached hydrogens (tertiary/aromatic N) is 1. The van der Waals surface area contributed by atoms with Gasteiger partial charge in [0.2, 0.25) is 0 Å². The van der Waals surface area contributed by atoms with Gasteiger partial charge in [-0.05, 0) is 53.3 Å². The minimum Gasteiger partial charge on any atom is -0.359 e. The highest BCUT2D eigenvalue weighted by atomic mass is 32.2. The van der Waals surface area contributed by atoms with E-state index >= 15 is 8.78 Å². The van der Waals surface area contributed by atoms with Crippen molar-refractivity contribution in [1.29, 1.82) is 5.26 Å². The molecule has 0 radical (unpaired) electrons. The first-order chi connectivity index (χ1) is 15.6. The van der Waals surface area contributed by atoms with Crippen LogP contribution in [0.1, 0.15) is 64.4 Å². The summed E-state index contributed by atoms with van der Waals surface area (Å²) in [5, 5.41) is 9.56. The predicted molar refractivity (Wildman–Crippen MR) is 110 cm³/mol. The molecule has 33 heavy (non-hydrogen) atoms. The number of halogens is 4. The predicted octanol–water partition coefficient (Wildman–Crippen LogP) is 4.73. The number of hydrogen-bond donors (Lipinski definition) is 0. The summed E-state index contributed by atoms with van der Waals surface area (Å²) in [4.78, 5) is -0.651. The van der Waals surface area contributed by atoms with Gasteiger partial charge in [-0.2, -0.15) is 5.26 Å². The second-order valence-electron chi connectivity index (χ2n) is 8.32. The Hall–Kier alpha value is -2.48. The summed E-state index contributed by atoms with van der Waals surface area (Å²) < 4.78 is 94.1. The molecule has 0 saturated heterocycles. The van der Waals surface area contributed by atoms with Gasteiger partial charge in [-0.3, -0.25) is 0 Å². The number of hydrogen-bond acceptors (Lipinski definition) is 5. The van der Waals surface area contributed by atoms with Crippen molar-refractivity contribution in [2.24, 2.45) is 0 Å². The van der Waals surface area contributed by atoms with Crippen molar-refractivity contribution in [3.8, 4) is 6.07 Å². The largest absolute Gasteiger partial charge is 0.359 e. The van der Waals surface area contributed by atoms with E-state index in [1.165, 1.54) is 7.11 Å². The molecule has 0 aromatic heterocycles. The Morgan fingerprint density at radius 1 is 1.12 bits per heavy atom. The summed E-state index contributed by atoms with van der Waals surface area (Å²) in [7, 11) is -2.79. The molecule has 0 spiro atoms. The summed E-state index contributed by atoms with van der Waals surface area (Å²) in [6.07, 6.45) is -3.85. The quantitative estimate of drug-likeness (QED) is 0.454. The van der Waals surface area contributed by atoms with Crippen molar-refractivity contribution >= 4 is 9.84 Å². The SMILES string of the molecule is COCO[C@H]1c2c(c([C@H]3CC[C@H](F)c4cc(F)cc(C#N)c43)cc(F)c2S(C)(=O)=O)C[C@H]1F. The van der Waals surface area contributed by atoms with Gasteiger partial charge < -0.3 is 9.47 Å². The Morgan fingerprint density at radius 3 is 2.48 bits per heavy atom. The van der Waals surface area contributed by atoms with Crippen LogP contribution >= 0.6 is 0 Å². The number of nitriles is 1. The first-order valence-corrected chi connectivity index (χ1v) is 12.1. The number of alkyl halides is 2. The molecule has 0 bridgehead atoms. The van der Waals surface area contributed by atoms with Crippen molar-refractivity contribution in [3.63, 3.8) is 0 Å². The van der Waals surface area contributed by atoms with Gasteiger partial charge in [-0.25, -0.2) is 26.0 Å². The highest BCUT2D eigenvalue weighted by molar-refractivity contribution is 7.90. The molecule has 4 atom stereocenters. The topological polar surface area (TPSA) is 76.4 Å². The Bertz CT molecular complexity index is 1260. The average molecular weight is 483 g/mol. The Labute approximate surface area is 188 Å². The second-order valence-corrected chi connectivity index (χ2v) is 10.3. The molecule has 0 heterocycles. The van der Waals surface area contributed by atoms with Crippen LogP contribution < -0.4 is 0 Å². The van der Waals surface area contributed by atoms with Gasteiger partial charge in [-0.15, -0.1) is 0 Å². The Kier molecular flexibility index (Phi) is 6.24. The highest BCUT2D eigenvalue weighted by Crippen LogP contribution is 2.50. The van der Waals surface area contributed by atoms with Crippen LogP contribution in [-0.2, 0) is 25.7 Å². The van der Waals surface area contributed by atoms with Crippen LogP contribution in [0.15, 0.2) is 23.1 Å². The zero-order chi connectivity index (χ0) is 24.1. The van der Waals surface area contributed by atoms with E-state index in [9.17, 15) is 22.5 Å². The third-order valence-corrected chi connectivity index (χ3v) is 7.39. The van der Waals surface area contributed by atoms with Gasteiger partial charge in [0.15, 0.2) is 9.84 Å². The molecule has 2 aromatic rings. The maximum atomic E-state index is 15.3. The molecule has 0 saturated carbocycles. The van der Waals surface area contributed by atoms with Crippen LogP contribution in [0.2, 0.25) is 0 Å². The molecule has 0 unspecified atom stereocenters. The van der Waals surface area contributed by atoms with Crippen molar-refractivity contribution in [2.75, 3.05) is 20.2 Å². The molecule has 0 aliphatic heterocycles. The second kappa shape index (κ2) is 8.70. The molecule has 0 amide bonds. The van der Waals surface area contributed by atoms with E-state index in [0.717, 1.165) is 24.5 Å². The van der Waals surface area contributed by atoms with Gasteiger partial charge in [0.25, 0.3) is 0 Å². The molecule has 2 aliphatic rings. The van der Waals surface area contributed by atoms with Gasteiger partial charge in [0.1, 0.15) is 41.8 Å². The van der Waals surface area contributed by atoms with Crippen LogP contribution in [0, 0.1) is 23.0 Å². The standard InChI is InChI=1S/C23H21F4NO4S/c1-31-10-32-22-18(26)8-15-14(7-19(27)23(21(15)22)33(2,29)30)13-3-4-17(25)16-6-12(24)5-11(9-28)20(13)16/h5-7,13,17-18,22H,3-4,8,10H2,1-2H3/t13-,17+,18-,22-/m1/s1. The summed E-state index contributed by atoms with van der Waals surface area (Å²) in [6.45, 7) is -0.340. The van der Waals surface area contributed by atoms with Crippen LogP contribution in [0.5, 0.6) is 0 Å². The van der Waals surface area contributed by atoms with Crippen LogP contribution in [0.4, 0.5) is 17.6 Å². The number of methoxy groups -OCH3 is 1. The average Bonchev–Trinajstić information content (AvgIpc) is 3.06. The van der Waals surface area contributed by atoms with E-state index in [-0.39, 0.29) is 59.4 Å². The molecule has 0 fully saturated rings. The fourth-order valence-corrected chi connectivity index (χ4v) is 6.09. The highest BCUT2D eigenvalue weighted by Gasteiger charge is 2.43. The molecule has 10 heteroatoms. The molecule has 0 N–H and O–H groups in total. The number of sulfone groups is 1. The van der Waals surface area contributed by atoms with E-state index in [4.69, 9.17) is 9.47 Å². The first kappa shape index (κ1) is 23.7. The van der Waals surface area contributed by atoms with Crippen molar-refractivity contribution < 1.29 is 35.5 Å². The normalized spacial score (nSPS) is 24.3. The van der Waals surface area contributed by atoms with E-state index in [1.54, 1.807) is 0 Å². The maximum absolute atomic E-state index is 15.3. The molecule has 5 nitrogen and oxygen atoms in total. The third kappa shape index (κ3) is 4.03. The molecule has 2 aromatic carbocycles. The lowest BCUT2D eigenvalue weighted by atomic mass is 9.74. The van der Waals surface area contributed by atoms with Crippen molar-refractivity contribution in [2.45, 2.75) is 48.5 Å². The van der Waals surface area contributed by atoms with Crippen molar-refractivity contribution in [3.05, 3.63) is 63.2 Å². The summed E-state index contributed by atoms with van der Waals surface area (Å²) in [5.41, 5.74) is 0.473. The minimum atomic E-state index is -4.10. The molecule has 2 aliphatic carbocycles. The lowest BCUT2D eigenvalue weighted by molar-refractivity contribution is -0.0940. The van der Waals surface area contributed by atoms with Gasteiger partial charge >= 0.3 is 0 Å². The van der Waals surface area contributed by atoms with Gasteiger partial charge in [-0.1, -0.05) is 0 Å². The summed E-state index contributed by atoms with van der Waals surface area (Å²) in [6, 6.07) is 4.87. The van der Waals surface area contributed by atoms with Crippen LogP contribution in [-0.4, -0.2) is 34.7 Å². The van der Waals surface area contributed by atoms with E-state index in [0.29, 0.717) is 0 Å². The summed E-state index contributed by atoms with van der Waals surface area (Å²) in [5.74, 6) is -2.60. The smallest absolute Gasteiger partial charge is 0.178 e. The monoisotopic (exact) mass is 483 g/mol. The minimum absolute atomic E-state index is 0.00822. The maximum Gasteiger partial charge on any atom is 0.178 e. The first-order valence-electron chi connectivity index (χ1n) is 10.3. The van der Waals surface area contributed by atoms with Crippen LogP contribution in [0.3, 0.4) is 0 Å². The molecular weight excluding hydrogens is 462 g/mol. The Morgan fingerprint density at radius 2 is 1.85 bits per heavy atom. The number of rotatable bonds is 5. The van der Waals surface area contributed by atoms with E-state index in [2.05, 4.69) is 0 Å². The van der Waals surface area contributed by atoms with Gasteiger partial charge in [0, 0.05) is 31.3 Å². The zero-order valence-electron chi connectivity index (χ0n) is 17.9. The lowest BCUT2D eigenvalue weighted by Crippen LogP contribution is -2.19. The lowest BCUT2D eigenvalue weighted by Gasteiger charge is -2.31. The van der Waals surface area contributed by atoms with Crippen molar-refractivity contribution in [1.82, 2.24) is 0 Å². The van der Waals surface area contributed by atoms with E-state index in [1.807, 2.05) is 6.07 Å². The fraction of sp³-hybridized carbons (Fsp3) is 0.435. The number of fused-ring (bicyclic) bond motifs is 2.